The third-order valence-electron chi connectivity index (χ3n) is 6.88. The molecule has 0 aliphatic heterocycles. The molecule has 3 aromatic rings. The van der Waals surface area contributed by atoms with Crippen LogP contribution in [0.25, 0.3) is 10.9 Å². The van der Waals surface area contributed by atoms with Crippen LogP contribution in [0.3, 0.4) is 0 Å². The number of aromatic nitrogens is 2. The first kappa shape index (κ1) is 23.2. The average molecular weight is 447 g/mol. The SMILES string of the molecule is CN(C)C(CN(Cc1cc2ccccc2n(C)c1=O)C(=O)C1CCCCC1)c1ccccn1. The number of carbonyl (C=O) groups excluding carboxylic acids is 1. The first-order valence-electron chi connectivity index (χ1n) is 11.9. The zero-order valence-electron chi connectivity index (χ0n) is 19.9. The van der Waals surface area contributed by atoms with Crippen molar-refractivity contribution >= 4 is 16.8 Å². The normalized spacial score (nSPS) is 15.6. The topological polar surface area (TPSA) is 58.4 Å². The molecule has 1 unspecified atom stereocenters. The largest absolute Gasteiger partial charge is 0.336 e. The number of aryl methyl sites for hydroxylation is 1. The van der Waals surface area contributed by atoms with Crippen LogP contribution in [-0.4, -0.2) is 45.9 Å². The summed E-state index contributed by atoms with van der Waals surface area (Å²) in [6.07, 6.45) is 7.04. The number of likely N-dealkylation sites (N-methyl/N-ethyl adjacent to an activating group) is 1. The van der Waals surface area contributed by atoms with Gasteiger partial charge in [-0.3, -0.25) is 19.5 Å². The quantitative estimate of drug-likeness (QED) is 0.547. The Morgan fingerprint density at radius 2 is 1.82 bits per heavy atom. The Morgan fingerprint density at radius 1 is 1.09 bits per heavy atom. The van der Waals surface area contributed by atoms with Gasteiger partial charge in [-0.2, -0.15) is 0 Å². The van der Waals surface area contributed by atoms with Crippen molar-refractivity contribution in [3.63, 3.8) is 0 Å². The van der Waals surface area contributed by atoms with E-state index in [4.69, 9.17) is 0 Å². The fourth-order valence-electron chi connectivity index (χ4n) is 4.95. The summed E-state index contributed by atoms with van der Waals surface area (Å²) in [7, 11) is 5.83. The summed E-state index contributed by atoms with van der Waals surface area (Å²) in [6.45, 7) is 0.805. The molecule has 4 rings (SSSR count). The maximum atomic E-state index is 13.7. The monoisotopic (exact) mass is 446 g/mol. The summed E-state index contributed by atoms with van der Waals surface area (Å²) in [5, 5.41) is 1.01. The van der Waals surface area contributed by atoms with Crippen molar-refractivity contribution in [2.75, 3.05) is 20.6 Å². The number of amides is 1. The standard InChI is InChI=1S/C27H34N4O2/c1-29(2)25(23-14-9-10-16-28-23)19-31(27(33)20-11-5-4-6-12-20)18-22-17-21-13-7-8-15-24(21)30(3)26(22)32/h7-10,13-17,20,25H,4-6,11-12,18-19H2,1-3H3. The number of hydrogen-bond acceptors (Lipinski definition) is 4. The molecule has 1 aromatic carbocycles. The molecule has 1 amide bonds. The molecule has 6 heteroatoms. The predicted octanol–water partition coefficient (Wildman–Crippen LogP) is 4.15. The maximum Gasteiger partial charge on any atom is 0.255 e. The zero-order valence-corrected chi connectivity index (χ0v) is 19.9. The van der Waals surface area contributed by atoms with Crippen LogP contribution >= 0.6 is 0 Å². The first-order valence-corrected chi connectivity index (χ1v) is 11.9. The van der Waals surface area contributed by atoms with Gasteiger partial charge in [0.25, 0.3) is 5.56 Å². The molecule has 0 spiro atoms. The van der Waals surface area contributed by atoms with Gasteiger partial charge in [0.2, 0.25) is 5.91 Å². The third-order valence-corrected chi connectivity index (χ3v) is 6.88. The molecule has 2 heterocycles. The second-order valence-corrected chi connectivity index (χ2v) is 9.38. The van der Waals surface area contributed by atoms with E-state index in [-0.39, 0.29) is 23.4 Å². The van der Waals surface area contributed by atoms with Gasteiger partial charge in [-0.15, -0.1) is 0 Å². The van der Waals surface area contributed by atoms with Crippen LogP contribution in [-0.2, 0) is 18.4 Å². The molecule has 1 saturated carbocycles. The van der Waals surface area contributed by atoms with Crippen LogP contribution in [0.4, 0.5) is 0 Å². The third kappa shape index (κ3) is 5.17. The van der Waals surface area contributed by atoms with Crippen molar-refractivity contribution in [2.24, 2.45) is 13.0 Å². The highest BCUT2D eigenvalue weighted by atomic mass is 16.2. The molecule has 1 atom stereocenters. The fourth-order valence-corrected chi connectivity index (χ4v) is 4.95. The van der Waals surface area contributed by atoms with Crippen molar-refractivity contribution in [2.45, 2.75) is 44.7 Å². The van der Waals surface area contributed by atoms with E-state index in [0.717, 1.165) is 42.3 Å². The highest BCUT2D eigenvalue weighted by Gasteiger charge is 2.30. The van der Waals surface area contributed by atoms with Crippen LogP contribution in [0, 0.1) is 5.92 Å². The number of pyridine rings is 2. The molecule has 0 radical (unpaired) electrons. The summed E-state index contributed by atoms with van der Waals surface area (Å²) in [5.74, 6) is 0.197. The van der Waals surface area contributed by atoms with E-state index in [9.17, 15) is 9.59 Å². The van der Waals surface area contributed by atoms with Crippen LogP contribution in [0.5, 0.6) is 0 Å². The number of benzene rings is 1. The van der Waals surface area contributed by atoms with Crippen LogP contribution in [0.1, 0.15) is 49.4 Å². The van der Waals surface area contributed by atoms with E-state index in [1.807, 2.05) is 67.5 Å². The lowest BCUT2D eigenvalue weighted by molar-refractivity contribution is -0.138. The van der Waals surface area contributed by atoms with E-state index >= 15 is 0 Å². The molecular formula is C27H34N4O2. The molecule has 2 aromatic heterocycles. The minimum absolute atomic E-state index is 0.0367. The second kappa shape index (κ2) is 10.3. The van der Waals surface area contributed by atoms with Crippen molar-refractivity contribution in [1.29, 1.82) is 0 Å². The van der Waals surface area contributed by atoms with Gasteiger partial charge in [-0.05, 0) is 56.6 Å². The highest BCUT2D eigenvalue weighted by Crippen LogP contribution is 2.28. The minimum Gasteiger partial charge on any atom is -0.336 e. The summed E-state index contributed by atoms with van der Waals surface area (Å²) in [4.78, 5) is 35.5. The van der Waals surface area contributed by atoms with Crippen molar-refractivity contribution in [3.8, 4) is 0 Å². The predicted molar refractivity (Wildman–Crippen MR) is 132 cm³/mol. The molecule has 33 heavy (non-hydrogen) atoms. The Morgan fingerprint density at radius 3 is 2.52 bits per heavy atom. The number of carbonyl (C=O) groups is 1. The molecular weight excluding hydrogens is 412 g/mol. The highest BCUT2D eigenvalue weighted by molar-refractivity contribution is 5.81. The smallest absolute Gasteiger partial charge is 0.255 e. The maximum absolute atomic E-state index is 13.7. The molecule has 174 valence electrons. The van der Waals surface area contributed by atoms with Gasteiger partial charge in [0.1, 0.15) is 0 Å². The van der Waals surface area contributed by atoms with E-state index < -0.39 is 0 Å². The van der Waals surface area contributed by atoms with Crippen LogP contribution in [0.15, 0.2) is 59.5 Å². The van der Waals surface area contributed by atoms with Gasteiger partial charge in [0, 0.05) is 31.3 Å². The lowest BCUT2D eigenvalue weighted by atomic mass is 9.88. The van der Waals surface area contributed by atoms with E-state index in [1.54, 1.807) is 17.8 Å². The number of para-hydroxylation sites is 1. The first-order chi connectivity index (χ1) is 16.0. The number of hydrogen-bond donors (Lipinski definition) is 0. The Bertz CT molecular complexity index is 1150. The van der Waals surface area contributed by atoms with Gasteiger partial charge in [0.05, 0.1) is 23.8 Å². The minimum atomic E-state index is -0.0527. The summed E-state index contributed by atoms with van der Waals surface area (Å²) >= 11 is 0. The summed E-state index contributed by atoms with van der Waals surface area (Å²) < 4.78 is 1.69. The molecule has 1 aliphatic rings. The lowest BCUT2D eigenvalue weighted by Crippen LogP contribution is -2.43. The number of rotatable bonds is 7. The number of nitrogens with zero attached hydrogens (tertiary/aromatic N) is 4. The van der Waals surface area contributed by atoms with Gasteiger partial charge in [-0.1, -0.05) is 43.5 Å². The molecule has 0 N–H and O–H groups in total. The molecule has 1 fully saturated rings. The Labute approximate surface area is 195 Å². The van der Waals surface area contributed by atoms with E-state index in [2.05, 4.69) is 9.88 Å². The Hall–Kier alpha value is -2.99. The van der Waals surface area contributed by atoms with Gasteiger partial charge < -0.3 is 9.47 Å². The molecule has 1 aliphatic carbocycles. The van der Waals surface area contributed by atoms with E-state index in [1.165, 1.54) is 6.42 Å². The van der Waals surface area contributed by atoms with Gasteiger partial charge in [-0.25, -0.2) is 0 Å². The molecule has 0 saturated heterocycles. The van der Waals surface area contributed by atoms with Gasteiger partial charge >= 0.3 is 0 Å². The fraction of sp³-hybridized carbons (Fsp3) is 0.444. The van der Waals surface area contributed by atoms with Crippen LogP contribution in [0.2, 0.25) is 0 Å². The molecule has 6 nitrogen and oxygen atoms in total. The van der Waals surface area contributed by atoms with Crippen molar-refractivity contribution in [1.82, 2.24) is 19.4 Å². The molecule has 0 bridgehead atoms. The number of fused-ring (bicyclic) bond motifs is 1. The second-order valence-electron chi connectivity index (χ2n) is 9.38. The summed E-state index contributed by atoms with van der Waals surface area (Å²) in [5.41, 5.74) is 2.43. The Kier molecular flexibility index (Phi) is 7.23. The van der Waals surface area contributed by atoms with Crippen molar-refractivity contribution < 1.29 is 4.79 Å². The van der Waals surface area contributed by atoms with Crippen molar-refractivity contribution in [3.05, 3.63) is 76.3 Å². The summed E-state index contributed by atoms with van der Waals surface area (Å²) in [6, 6.07) is 15.7. The van der Waals surface area contributed by atoms with E-state index in [0.29, 0.717) is 18.7 Å². The Balaban J connectivity index is 1.70. The van der Waals surface area contributed by atoms with Gasteiger partial charge in [0.15, 0.2) is 0 Å². The van der Waals surface area contributed by atoms with Crippen LogP contribution < -0.4 is 5.56 Å². The average Bonchev–Trinajstić information content (AvgIpc) is 2.85. The zero-order chi connectivity index (χ0) is 23.4. The lowest BCUT2D eigenvalue weighted by Gasteiger charge is -2.34.